The Morgan fingerprint density at radius 1 is 0.463 bits per heavy atom. The number of unbranched alkanes of at least 4 members (excludes halogenated alkanes) is 2. The number of ether oxygens (including phenoxy) is 12. The predicted molar refractivity (Wildman–Crippen MR) is 315 cm³/mol. The first kappa shape index (κ1) is 69.6. The summed E-state index contributed by atoms with van der Waals surface area (Å²) in [6.45, 7) is 30.3. The van der Waals surface area contributed by atoms with Crippen molar-refractivity contribution in [1.29, 1.82) is 0 Å². The summed E-state index contributed by atoms with van der Waals surface area (Å²) >= 11 is 0. The average molecular weight is 1160 g/mol. The Labute approximate surface area is 493 Å². The predicted octanol–water partition coefficient (Wildman–Crippen LogP) is 11.8. The van der Waals surface area contributed by atoms with Crippen LogP contribution in [0.3, 0.4) is 0 Å². The molecule has 8 aliphatic rings. The number of rotatable bonds is 33. The van der Waals surface area contributed by atoms with E-state index in [-0.39, 0.29) is 95.0 Å². The smallest absolute Gasteiger partial charge is 0.312 e. The van der Waals surface area contributed by atoms with Crippen molar-refractivity contribution in [2.75, 3.05) is 53.9 Å². The van der Waals surface area contributed by atoms with Gasteiger partial charge in [-0.05, 0) is 90.2 Å². The van der Waals surface area contributed by atoms with Gasteiger partial charge in [-0.25, -0.2) is 0 Å². The molecule has 0 aromatic heterocycles. The lowest BCUT2D eigenvalue weighted by atomic mass is 9.82. The lowest BCUT2D eigenvalue weighted by Gasteiger charge is -2.34. The highest BCUT2D eigenvalue weighted by Crippen LogP contribution is 2.49. The van der Waals surface area contributed by atoms with E-state index in [1.54, 1.807) is 21.0 Å². The van der Waals surface area contributed by atoms with Crippen molar-refractivity contribution in [3.8, 4) is 0 Å². The Bertz CT molecular complexity index is 2070. The molecule has 14 atom stereocenters. The van der Waals surface area contributed by atoms with Crippen LogP contribution < -0.4 is 0 Å². The van der Waals surface area contributed by atoms with Gasteiger partial charge in [0, 0.05) is 39.8 Å². The van der Waals surface area contributed by atoms with E-state index in [4.69, 9.17) is 56.8 Å². The van der Waals surface area contributed by atoms with E-state index in [1.807, 2.05) is 57.2 Å². The first-order chi connectivity index (χ1) is 39.3. The molecular formula is C66H108O16. The van der Waals surface area contributed by atoms with Gasteiger partial charge in [-0.3, -0.25) is 19.2 Å². The maximum Gasteiger partial charge on any atom is 0.312 e. The van der Waals surface area contributed by atoms with Crippen LogP contribution in [-0.4, -0.2) is 149 Å². The number of ketones is 2. The number of methoxy groups -OCH3 is 2. The fourth-order valence-electron chi connectivity index (χ4n) is 12.4. The molecule has 4 saturated heterocycles. The van der Waals surface area contributed by atoms with Gasteiger partial charge in [-0.15, -0.1) is 0 Å². The highest BCUT2D eigenvalue weighted by atomic mass is 16.7. The maximum absolute atomic E-state index is 12.8. The largest absolute Gasteiger partial charge is 0.469 e. The fraction of sp³-hybridized carbons (Fsp3) is 0.818. The Hall–Kier alpha value is -3.16. The standard InChI is InChI=1S/C26H46O5.C17H28O5.C12H18O3.C11H16O3/c1-7-19(8-2)16-28-24(27)22-15-26(14-13-23(22)31-26)25(29-17-20(9-3)10-4)30-18-21(11-5)12-6;1-4-6-10-20-16(21-11-7-5-2)17-9-8-14(22-17)13(12-17)15(18)19-3;1-4-14-9(3)12-6-5-11(15-12)10(7-12)8(2)13;1-7(12)9-6-11(8(2)13-3)5-4-10(9)14-11/h13-14,19-23,25H,7-12,15-18H2,1-6H3;8-9,13-14,16H,4-7,10-12H2,1-3H3;5-6,9-11H,4,7H2,1-3H3;4-5,8-10H,6H2,1-3H3. The van der Waals surface area contributed by atoms with Crippen LogP contribution in [0.15, 0.2) is 48.6 Å². The monoisotopic (exact) mass is 1160 g/mol. The van der Waals surface area contributed by atoms with Crippen molar-refractivity contribution in [3.05, 3.63) is 48.6 Å². The van der Waals surface area contributed by atoms with Gasteiger partial charge in [-0.2, -0.15) is 0 Å². The van der Waals surface area contributed by atoms with Gasteiger partial charge in [0.15, 0.2) is 12.6 Å². The second kappa shape index (κ2) is 33.1. The normalized spacial score (nSPS) is 31.7. The SMILES string of the molecule is CCC(CC)COC(=O)C1CC2(C(OCC(CC)CC)OCC(CC)CC)C=CC1O2.CCCCOC(OCCCC)C12C=CC(O1)C(C(=O)OC)C2.CCOC(C)C12C=CC(O1)C(C(C)=O)C2.COC(C)C12C=CC(O1)C(C(C)=O)C2. The topological polar surface area (TPSA) is 179 Å². The zero-order valence-corrected chi connectivity index (χ0v) is 53.0. The summed E-state index contributed by atoms with van der Waals surface area (Å²) < 4.78 is 70.1. The molecular weight excluding hydrogens is 1050 g/mol. The molecule has 0 aromatic carbocycles. The van der Waals surface area contributed by atoms with Gasteiger partial charge in [-0.1, -0.05) is 143 Å². The molecule has 8 bridgehead atoms. The molecule has 0 saturated carbocycles. The van der Waals surface area contributed by atoms with E-state index in [1.165, 1.54) is 7.11 Å². The fourth-order valence-corrected chi connectivity index (χ4v) is 12.4. The summed E-state index contributed by atoms with van der Waals surface area (Å²) in [5.74, 6) is 0.983. The number of hydrogen-bond donors (Lipinski definition) is 0. The first-order valence-electron chi connectivity index (χ1n) is 31.7. The van der Waals surface area contributed by atoms with Crippen LogP contribution in [0, 0.1) is 41.4 Å². The third-order valence-electron chi connectivity index (χ3n) is 18.7. The molecule has 8 rings (SSSR count). The van der Waals surface area contributed by atoms with Gasteiger partial charge >= 0.3 is 11.9 Å². The third kappa shape index (κ3) is 17.1. The van der Waals surface area contributed by atoms with Crippen LogP contribution in [-0.2, 0) is 76.0 Å². The number of fused-ring (bicyclic) bond motifs is 8. The van der Waals surface area contributed by atoms with E-state index in [9.17, 15) is 19.2 Å². The Kier molecular flexibility index (Phi) is 28.1. The van der Waals surface area contributed by atoms with E-state index in [2.05, 4.69) is 67.5 Å². The summed E-state index contributed by atoms with van der Waals surface area (Å²) in [6.07, 6.45) is 27.8. The third-order valence-corrected chi connectivity index (χ3v) is 18.7. The molecule has 0 radical (unpaired) electrons. The van der Waals surface area contributed by atoms with Crippen LogP contribution in [0.5, 0.6) is 0 Å². The van der Waals surface area contributed by atoms with Gasteiger partial charge < -0.3 is 56.8 Å². The van der Waals surface area contributed by atoms with Crippen LogP contribution in [0.4, 0.5) is 0 Å². The maximum atomic E-state index is 12.8. The van der Waals surface area contributed by atoms with Crippen LogP contribution in [0.25, 0.3) is 0 Å². The molecule has 82 heavy (non-hydrogen) atoms. The molecule has 16 nitrogen and oxygen atoms in total. The molecule has 8 aliphatic heterocycles. The highest BCUT2D eigenvalue weighted by molar-refractivity contribution is 5.81. The molecule has 14 unspecified atom stereocenters. The lowest BCUT2D eigenvalue weighted by molar-refractivity contribution is -0.233. The molecule has 0 aromatic rings. The van der Waals surface area contributed by atoms with E-state index < -0.39 is 23.8 Å². The number of hydrogen-bond acceptors (Lipinski definition) is 16. The second-order valence-electron chi connectivity index (χ2n) is 24.0. The number of carbonyl (C=O) groups is 4. The van der Waals surface area contributed by atoms with E-state index in [0.717, 1.165) is 77.0 Å². The summed E-state index contributed by atoms with van der Waals surface area (Å²) in [5.41, 5.74) is -2.04. The minimum Gasteiger partial charge on any atom is -0.469 e. The molecule has 4 fully saturated rings. The van der Waals surface area contributed by atoms with Crippen molar-refractivity contribution in [2.45, 2.75) is 252 Å². The number of esters is 2. The van der Waals surface area contributed by atoms with Crippen LogP contribution in [0.2, 0.25) is 0 Å². The number of Topliss-reactive ketones (excluding diaryl/α,β-unsaturated/α-hetero) is 2. The van der Waals surface area contributed by atoms with Crippen molar-refractivity contribution >= 4 is 23.5 Å². The summed E-state index contributed by atoms with van der Waals surface area (Å²) in [6, 6.07) is 0. The molecule has 0 aliphatic carbocycles. The highest BCUT2D eigenvalue weighted by Gasteiger charge is 2.59. The van der Waals surface area contributed by atoms with Crippen LogP contribution in [0.1, 0.15) is 180 Å². The minimum absolute atomic E-state index is 0.00750. The van der Waals surface area contributed by atoms with Gasteiger partial charge in [0.25, 0.3) is 0 Å². The Morgan fingerprint density at radius 3 is 1.18 bits per heavy atom. The average Bonchev–Trinajstić information content (AvgIpc) is 4.50. The van der Waals surface area contributed by atoms with E-state index >= 15 is 0 Å². The lowest BCUT2D eigenvalue weighted by Crippen LogP contribution is -2.45. The summed E-state index contributed by atoms with van der Waals surface area (Å²) in [7, 11) is 3.09. The first-order valence-corrected chi connectivity index (χ1v) is 31.7. The Morgan fingerprint density at radius 2 is 0.817 bits per heavy atom. The van der Waals surface area contributed by atoms with Crippen molar-refractivity contribution in [2.24, 2.45) is 41.4 Å². The van der Waals surface area contributed by atoms with Gasteiger partial charge in [0.05, 0.1) is 87.2 Å². The second-order valence-corrected chi connectivity index (χ2v) is 24.0. The van der Waals surface area contributed by atoms with Crippen molar-refractivity contribution in [3.63, 3.8) is 0 Å². The quantitative estimate of drug-likeness (QED) is 0.0262. The zero-order valence-electron chi connectivity index (χ0n) is 53.0. The molecule has 16 heteroatoms. The summed E-state index contributed by atoms with van der Waals surface area (Å²) in [5, 5.41) is 0. The van der Waals surface area contributed by atoms with Crippen LogP contribution >= 0.6 is 0 Å². The molecule has 0 N–H and O–H groups in total. The molecule has 468 valence electrons. The van der Waals surface area contributed by atoms with Crippen molar-refractivity contribution < 1.29 is 76.0 Å². The molecule has 0 amide bonds. The summed E-state index contributed by atoms with van der Waals surface area (Å²) in [4.78, 5) is 47.4. The van der Waals surface area contributed by atoms with Gasteiger partial charge in [0.2, 0.25) is 0 Å². The number of carbonyl (C=O) groups excluding carboxylic acids is 4. The molecule has 8 heterocycles. The Balaban J connectivity index is 0.000000211. The minimum atomic E-state index is -0.693. The molecule has 0 spiro atoms. The van der Waals surface area contributed by atoms with E-state index in [0.29, 0.717) is 70.2 Å². The zero-order chi connectivity index (χ0) is 60.3. The van der Waals surface area contributed by atoms with Crippen molar-refractivity contribution in [1.82, 2.24) is 0 Å². The van der Waals surface area contributed by atoms with Gasteiger partial charge in [0.1, 0.15) is 34.0 Å².